The molecular weight excluding hydrogens is 697 g/mol. The third-order valence-corrected chi connectivity index (χ3v) is 15.5. The van der Waals surface area contributed by atoms with Crippen LogP contribution in [0.25, 0.3) is 23.3 Å². The van der Waals surface area contributed by atoms with E-state index in [1.165, 1.54) is 36.2 Å². The molecule has 1 nitrogen and oxygen atoms in total. The van der Waals surface area contributed by atoms with Gasteiger partial charge in [-0.05, 0) is 19.1 Å². The van der Waals surface area contributed by atoms with E-state index in [0.717, 1.165) is 24.3 Å². The number of nitrogens with zero attached hydrogens (tertiary/aromatic N) is 1. The molecule has 0 fully saturated rings. The van der Waals surface area contributed by atoms with E-state index in [-0.39, 0.29) is 24.8 Å². The number of halogens is 2. The molecule has 4 aromatic rings. The number of aliphatic imine (C=N–C) groups is 1. The molecule has 2 aromatic heterocycles. The maximum atomic E-state index is 4.27. The maximum absolute atomic E-state index is 4.27. The monoisotopic (exact) mass is 727 g/mol. The summed E-state index contributed by atoms with van der Waals surface area (Å²) in [6.07, 6.45) is 15.5. The van der Waals surface area contributed by atoms with Crippen molar-refractivity contribution in [1.82, 2.24) is 0 Å². The van der Waals surface area contributed by atoms with E-state index in [0.29, 0.717) is 7.25 Å². The van der Waals surface area contributed by atoms with Gasteiger partial charge in [0.15, 0.2) is 0 Å². The molecule has 0 spiro atoms. The van der Waals surface area contributed by atoms with Crippen LogP contribution in [0.5, 0.6) is 0 Å². The SMILES string of the molecule is CC1=NC2=CC=CC2=C1.CCc1ccc(C2=Cc3ccccc3[CH]2[Zr+2][CH]2C(c3ccc(CC)s3)=Cc3ccccc32)s1.[Cl-].[Cl-]. The molecule has 1 aliphatic heterocycles. The van der Waals surface area contributed by atoms with Gasteiger partial charge in [0.25, 0.3) is 0 Å². The molecule has 0 amide bonds. The fraction of sp³-hybridized carbons (Fsp3) is 0.184. The van der Waals surface area contributed by atoms with Crippen LogP contribution < -0.4 is 24.8 Å². The Bertz CT molecular complexity index is 1760. The first kappa shape index (κ1) is 33.0. The van der Waals surface area contributed by atoms with E-state index in [1.54, 1.807) is 22.3 Å². The normalized spacial score (nSPS) is 18.2. The molecule has 2 aromatic carbocycles. The van der Waals surface area contributed by atoms with Crippen molar-refractivity contribution in [3.05, 3.63) is 150 Å². The summed E-state index contributed by atoms with van der Waals surface area (Å²) in [5.41, 5.74) is 12.6. The molecule has 3 heterocycles. The van der Waals surface area contributed by atoms with Gasteiger partial charge >= 0.3 is 218 Å². The van der Waals surface area contributed by atoms with Gasteiger partial charge in [-0.1, -0.05) is 12.2 Å². The van der Waals surface area contributed by atoms with Crippen LogP contribution in [0.3, 0.4) is 0 Å². The van der Waals surface area contributed by atoms with Crippen LogP contribution in [0.4, 0.5) is 0 Å². The van der Waals surface area contributed by atoms with Crippen LogP contribution in [0.1, 0.15) is 69.8 Å². The molecule has 6 heteroatoms. The van der Waals surface area contributed by atoms with Gasteiger partial charge in [0.2, 0.25) is 0 Å². The Kier molecular flexibility index (Phi) is 10.8. The quantitative estimate of drug-likeness (QED) is 0.272. The number of allylic oxidation sites excluding steroid dienone is 6. The van der Waals surface area contributed by atoms with Gasteiger partial charge < -0.3 is 24.8 Å². The molecule has 8 rings (SSSR count). The molecule has 44 heavy (non-hydrogen) atoms. The Labute approximate surface area is 293 Å². The first-order chi connectivity index (χ1) is 20.6. The summed E-state index contributed by atoms with van der Waals surface area (Å²) >= 11 is 3.07. The molecule has 0 bridgehead atoms. The minimum absolute atomic E-state index is 0. The molecule has 4 aliphatic rings. The van der Waals surface area contributed by atoms with E-state index in [9.17, 15) is 0 Å². The number of rotatable bonds is 6. The summed E-state index contributed by atoms with van der Waals surface area (Å²) in [4.78, 5) is 10.2. The minimum atomic E-state index is -0.927. The third-order valence-electron chi connectivity index (χ3n) is 8.27. The Balaban J connectivity index is 0.000000299. The zero-order valence-corrected chi connectivity index (χ0v) is 30.6. The summed E-state index contributed by atoms with van der Waals surface area (Å²) in [5, 5.41) is 0. The fourth-order valence-corrected chi connectivity index (χ4v) is 13.7. The first-order valence-electron chi connectivity index (χ1n) is 14.8. The predicted molar refractivity (Wildman–Crippen MR) is 180 cm³/mol. The molecule has 220 valence electrons. The number of fused-ring (bicyclic) bond motifs is 3. The number of aryl methyl sites for hydroxylation is 2. The topological polar surface area (TPSA) is 12.4 Å². The minimum Gasteiger partial charge on any atom is -1.00 e. The number of benzene rings is 2. The van der Waals surface area contributed by atoms with Crippen LogP contribution >= 0.6 is 22.7 Å². The summed E-state index contributed by atoms with van der Waals surface area (Å²) in [6.45, 7) is 6.54. The second-order valence-electron chi connectivity index (χ2n) is 11.0. The molecule has 0 saturated carbocycles. The van der Waals surface area contributed by atoms with E-state index >= 15 is 0 Å². The van der Waals surface area contributed by atoms with Crippen molar-refractivity contribution in [2.45, 2.75) is 40.9 Å². The van der Waals surface area contributed by atoms with Crippen molar-refractivity contribution in [3.63, 3.8) is 0 Å². The van der Waals surface area contributed by atoms with E-state index in [4.69, 9.17) is 0 Å². The Hall–Kier alpha value is -2.33. The van der Waals surface area contributed by atoms with Gasteiger partial charge in [0, 0.05) is 11.3 Å². The summed E-state index contributed by atoms with van der Waals surface area (Å²) in [6, 6.07) is 27.7. The average molecular weight is 730 g/mol. The van der Waals surface area contributed by atoms with Crippen molar-refractivity contribution >= 4 is 51.7 Å². The van der Waals surface area contributed by atoms with Crippen LogP contribution in [0.15, 0.2) is 113 Å². The molecule has 0 saturated heterocycles. The molecule has 0 N–H and O–H groups in total. The van der Waals surface area contributed by atoms with Crippen molar-refractivity contribution < 1.29 is 48.0 Å². The second kappa shape index (κ2) is 14.4. The molecule has 2 unspecified atom stereocenters. The van der Waals surface area contributed by atoms with Gasteiger partial charge in [0.05, 0.1) is 5.70 Å². The smallest absolute Gasteiger partial charge is 1.00 e. The van der Waals surface area contributed by atoms with Crippen LogP contribution in [0.2, 0.25) is 0 Å². The average Bonchev–Trinajstić information content (AvgIpc) is 3.85. The summed E-state index contributed by atoms with van der Waals surface area (Å²) < 4.78 is 1.19. The van der Waals surface area contributed by atoms with Crippen molar-refractivity contribution in [3.8, 4) is 0 Å². The molecular formula is C38H33Cl2NS2Zr. The molecule has 3 aliphatic carbocycles. The van der Waals surface area contributed by atoms with Gasteiger partial charge in [-0.2, -0.15) is 0 Å². The van der Waals surface area contributed by atoms with Crippen LogP contribution in [-0.2, 0) is 36.1 Å². The molecule has 0 radical (unpaired) electrons. The first-order valence-corrected chi connectivity index (χ1v) is 19.3. The van der Waals surface area contributed by atoms with Gasteiger partial charge in [-0.25, -0.2) is 0 Å². The Morgan fingerprint density at radius 1 is 0.682 bits per heavy atom. The largest absolute Gasteiger partial charge is 1.00 e. The van der Waals surface area contributed by atoms with E-state index < -0.39 is 23.2 Å². The Morgan fingerprint density at radius 2 is 1.20 bits per heavy atom. The standard InChI is InChI=1S/2C15H13S.C8H7N.2ClH.Zr/c2*1-2-14-7-8-15(16-14)13-9-11-5-3-4-6-12(11)10-13;1-6-5-7-3-2-4-8(7)9-6;;;/h2*3-10H,2H2,1H3;2-5H,1H3;2*1H;/q;;;;;+2/p-2. The number of thiophene rings is 2. The summed E-state index contributed by atoms with van der Waals surface area (Å²) in [7, 11) is 0. The number of hydrogen-bond donors (Lipinski definition) is 0. The van der Waals surface area contributed by atoms with Crippen molar-refractivity contribution in [1.29, 1.82) is 0 Å². The summed E-state index contributed by atoms with van der Waals surface area (Å²) in [5.74, 6) is 0. The van der Waals surface area contributed by atoms with Gasteiger partial charge in [-0.3, -0.25) is 4.99 Å². The van der Waals surface area contributed by atoms with E-state index in [1.807, 2.05) is 41.7 Å². The second-order valence-corrected chi connectivity index (χ2v) is 17.0. The van der Waals surface area contributed by atoms with Crippen LogP contribution in [-0.4, -0.2) is 5.71 Å². The van der Waals surface area contributed by atoms with Crippen molar-refractivity contribution in [2.24, 2.45) is 4.99 Å². The maximum Gasteiger partial charge on any atom is -1.00 e. The zero-order valence-electron chi connectivity index (χ0n) is 25.0. The zero-order chi connectivity index (χ0) is 28.6. The third kappa shape index (κ3) is 6.48. The van der Waals surface area contributed by atoms with E-state index in [2.05, 4.69) is 116 Å². The van der Waals surface area contributed by atoms with Gasteiger partial charge in [-0.15, -0.1) is 0 Å². The Morgan fingerprint density at radius 3 is 1.68 bits per heavy atom. The van der Waals surface area contributed by atoms with Gasteiger partial charge in [0.1, 0.15) is 0 Å². The van der Waals surface area contributed by atoms with Crippen LogP contribution in [0, 0.1) is 0 Å². The predicted octanol–water partition coefficient (Wildman–Crippen LogP) is 4.76. The molecule has 2 atom stereocenters. The van der Waals surface area contributed by atoms with Crippen molar-refractivity contribution in [2.75, 3.05) is 0 Å². The fourth-order valence-electron chi connectivity index (χ4n) is 6.14. The number of hydrogen-bond acceptors (Lipinski definition) is 3.